The van der Waals surface area contributed by atoms with Crippen molar-refractivity contribution in [3.63, 3.8) is 0 Å². The molecule has 0 fully saturated rings. The molecule has 4 rings (SSSR count). The minimum Gasteiger partial charge on any atom is -0.508 e. The molecule has 7 nitrogen and oxygen atoms in total. The van der Waals surface area contributed by atoms with Crippen molar-refractivity contribution in [2.24, 2.45) is 0 Å². The summed E-state index contributed by atoms with van der Waals surface area (Å²) in [5, 5.41) is 18.6. The second kappa shape index (κ2) is 9.44. The summed E-state index contributed by atoms with van der Waals surface area (Å²) in [6.07, 6.45) is 1.99. The van der Waals surface area contributed by atoms with E-state index in [0.29, 0.717) is 22.4 Å². The maximum Gasteiger partial charge on any atom is 0.196 e. The van der Waals surface area contributed by atoms with Gasteiger partial charge in [-0.05, 0) is 42.0 Å². The lowest BCUT2D eigenvalue weighted by Crippen LogP contribution is -2.07. The van der Waals surface area contributed by atoms with Gasteiger partial charge in [0.1, 0.15) is 23.0 Å². The van der Waals surface area contributed by atoms with Crippen molar-refractivity contribution in [1.29, 1.82) is 0 Å². The number of hydrogen-bond acceptors (Lipinski definition) is 7. The first-order valence-electron chi connectivity index (χ1n) is 9.57. The summed E-state index contributed by atoms with van der Waals surface area (Å²) in [6.45, 7) is 0. The lowest BCUT2D eigenvalue weighted by molar-refractivity contribution is -0.116. The standard InChI is InChI=1S/C23H20N4O3S/c1-30-20-6-4-5-17(14-20)27-22(21-7-2-3-12-24-21)25-26-23(27)31-15-19(29)13-16-8-10-18(28)11-9-16/h2-12,14,28H,13,15H2,1H3. The molecule has 1 N–H and O–H groups in total. The van der Waals surface area contributed by atoms with Gasteiger partial charge in [-0.25, -0.2) is 0 Å². The number of aromatic nitrogens is 4. The molecule has 156 valence electrons. The van der Waals surface area contributed by atoms with Crippen LogP contribution in [0.4, 0.5) is 0 Å². The monoisotopic (exact) mass is 432 g/mol. The summed E-state index contributed by atoms with van der Waals surface area (Å²) in [5.41, 5.74) is 2.35. The molecule has 0 saturated carbocycles. The molecule has 4 aromatic rings. The van der Waals surface area contributed by atoms with Gasteiger partial charge in [0, 0.05) is 18.7 Å². The lowest BCUT2D eigenvalue weighted by Gasteiger charge is -2.11. The van der Waals surface area contributed by atoms with Crippen molar-refractivity contribution in [2.45, 2.75) is 11.6 Å². The summed E-state index contributed by atoms with van der Waals surface area (Å²) >= 11 is 1.32. The second-order valence-electron chi connectivity index (χ2n) is 6.73. The minimum atomic E-state index is 0.0512. The quantitative estimate of drug-likeness (QED) is 0.422. The third kappa shape index (κ3) is 4.92. The molecule has 0 radical (unpaired) electrons. The van der Waals surface area contributed by atoms with Gasteiger partial charge in [0.2, 0.25) is 0 Å². The number of carbonyl (C=O) groups is 1. The number of ether oxygens (including phenoxy) is 1. The van der Waals surface area contributed by atoms with Gasteiger partial charge in [-0.1, -0.05) is 36.0 Å². The predicted molar refractivity (Wildman–Crippen MR) is 119 cm³/mol. The van der Waals surface area contributed by atoms with Crippen LogP contribution in [0.5, 0.6) is 11.5 Å². The van der Waals surface area contributed by atoms with Crippen molar-refractivity contribution < 1.29 is 14.6 Å². The Kier molecular flexibility index (Phi) is 6.28. The van der Waals surface area contributed by atoms with E-state index in [-0.39, 0.29) is 23.7 Å². The van der Waals surface area contributed by atoms with Crippen LogP contribution < -0.4 is 4.74 Å². The Morgan fingerprint density at radius 3 is 2.65 bits per heavy atom. The number of phenols is 1. The van der Waals surface area contributed by atoms with Crippen LogP contribution in [0.25, 0.3) is 17.2 Å². The highest BCUT2D eigenvalue weighted by molar-refractivity contribution is 7.99. The summed E-state index contributed by atoms with van der Waals surface area (Å²) in [4.78, 5) is 16.9. The number of benzene rings is 2. The molecule has 0 aliphatic heterocycles. The van der Waals surface area contributed by atoms with Gasteiger partial charge in [-0.15, -0.1) is 10.2 Å². The van der Waals surface area contributed by atoms with Crippen LogP contribution >= 0.6 is 11.8 Å². The van der Waals surface area contributed by atoms with E-state index in [2.05, 4.69) is 15.2 Å². The molecule has 0 atom stereocenters. The second-order valence-corrected chi connectivity index (χ2v) is 7.67. The van der Waals surface area contributed by atoms with Crippen LogP contribution in [0.3, 0.4) is 0 Å². The molecule has 0 unspecified atom stereocenters. The summed E-state index contributed by atoms with van der Waals surface area (Å²) < 4.78 is 7.24. The SMILES string of the molecule is COc1cccc(-n2c(SCC(=O)Cc3ccc(O)cc3)nnc2-c2ccccn2)c1. The number of methoxy groups -OCH3 is 1. The van der Waals surface area contributed by atoms with E-state index in [4.69, 9.17) is 4.74 Å². The van der Waals surface area contributed by atoms with Crippen LogP contribution in [-0.2, 0) is 11.2 Å². The number of thioether (sulfide) groups is 1. The van der Waals surface area contributed by atoms with E-state index in [0.717, 1.165) is 11.3 Å². The molecule has 2 aromatic carbocycles. The fraction of sp³-hybridized carbons (Fsp3) is 0.130. The fourth-order valence-electron chi connectivity index (χ4n) is 3.04. The Labute approximate surface area is 183 Å². The first-order valence-corrected chi connectivity index (χ1v) is 10.6. The molecule has 0 amide bonds. The highest BCUT2D eigenvalue weighted by Crippen LogP contribution is 2.28. The Balaban J connectivity index is 1.60. The van der Waals surface area contributed by atoms with Crippen molar-refractivity contribution in [2.75, 3.05) is 12.9 Å². The molecule has 2 aromatic heterocycles. The zero-order chi connectivity index (χ0) is 21.6. The molecule has 0 aliphatic rings. The van der Waals surface area contributed by atoms with Crippen LogP contribution in [-0.4, -0.2) is 43.5 Å². The molecule has 0 spiro atoms. The number of ketones is 1. The van der Waals surface area contributed by atoms with Gasteiger partial charge in [0.25, 0.3) is 0 Å². The Morgan fingerprint density at radius 1 is 1.06 bits per heavy atom. The molecule has 8 heteroatoms. The molecule has 2 heterocycles. The van der Waals surface area contributed by atoms with Gasteiger partial charge >= 0.3 is 0 Å². The number of rotatable bonds is 8. The van der Waals surface area contributed by atoms with Crippen molar-refractivity contribution in [3.8, 4) is 28.7 Å². The lowest BCUT2D eigenvalue weighted by atomic mass is 10.1. The smallest absolute Gasteiger partial charge is 0.196 e. The number of hydrogen-bond donors (Lipinski definition) is 1. The first kappa shape index (κ1) is 20.6. The molecular weight excluding hydrogens is 412 g/mol. The van der Waals surface area contributed by atoms with Crippen LogP contribution in [0.1, 0.15) is 5.56 Å². The molecule has 0 bridgehead atoms. The third-order valence-electron chi connectivity index (χ3n) is 4.54. The van der Waals surface area contributed by atoms with E-state index in [1.54, 1.807) is 37.6 Å². The van der Waals surface area contributed by atoms with Crippen LogP contribution in [0.2, 0.25) is 0 Å². The highest BCUT2D eigenvalue weighted by Gasteiger charge is 2.18. The maximum atomic E-state index is 12.5. The number of aromatic hydroxyl groups is 1. The van der Waals surface area contributed by atoms with E-state index < -0.39 is 0 Å². The number of Topliss-reactive ketones (excluding diaryl/α,β-unsaturated/α-hetero) is 1. The first-order chi connectivity index (χ1) is 15.1. The third-order valence-corrected chi connectivity index (χ3v) is 5.53. The van der Waals surface area contributed by atoms with E-state index in [9.17, 15) is 9.90 Å². The number of carbonyl (C=O) groups excluding carboxylic acids is 1. The van der Waals surface area contributed by atoms with E-state index in [1.165, 1.54) is 11.8 Å². The Morgan fingerprint density at radius 2 is 1.90 bits per heavy atom. The summed E-state index contributed by atoms with van der Waals surface area (Å²) in [6, 6.07) is 19.8. The van der Waals surface area contributed by atoms with Gasteiger partial charge < -0.3 is 9.84 Å². The van der Waals surface area contributed by atoms with E-state index >= 15 is 0 Å². The average molecular weight is 433 g/mol. The van der Waals surface area contributed by atoms with Crippen LogP contribution in [0.15, 0.2) is 78.1 Å². The van der Waals surface area contributed by atoms with Gasteiger partial charge in [-0.2, -0.15) is 0 Å². The van der Waals surface area contributed by atoms with Gasteiger partial charge in [0.15, 0.2) is 11.0 Å². The zero-order valence-corrected chi connectivity index (χ0v) is 17.6. The molecule has 0 aliphatic carbocycles. The van der Waals surface area contributed by atoms with Crippen molar-refractivity contribution in [1.82, 2.24) is 19.7 Å². The fourth-order valence-corrected chi connectivity index (χ4v) is 3.86. The van der Waals surface area contributed by atoms with Crippen LogP contribution in [0, 0.1) is 0 Å². The molecule has 0 saturated heterocycles. The highest BCUT2D eigenvalue weighted by atomic mass is 32.2. The van der Waals surface area contributed by atoms with Gasteiger partial charge in [0.05, 0.1) is 18.6 Å². The Bertz CT molecular complexity index is 1180. The maximum absolute atomic E-state index is 12.5. The predicted octanol–water partition coefficient (Wildman–Crippen LogP) is 3.95. The average Bonchev–Trinajstić information content (AvgIpc) is 3.24. The number of pyridine rings is 1. The minimum absolute atomic E-state index is 0.0512. The van der Waals surface area contributed by atoms with E-state index in [1.807, 2.05) is 47.0 Å². The number of phenolic OH excluding ortho intramolecular Hbond substituents is 1. The zero-order valence-electron chi connectivity index (χ0n) is 16.8. The number of nitrogens with zero attached hydrogens (tertiary/aromatic N) is 4. The van der Waals surface area contributed by atoms with Gasteiger partial charge in [-0.3, -0.25) is 14.3 Å². The van der Waals surface area contributed by atoms with Crippen molar-refractivity contribution in [3.05, 3.63) is 78.5 Å². The normalized spacial score (nSPS) is 10.7. The summed E-state index contributed by atoms with van der Waals surface area (Å²) in [5.74, 6) is 1.76. The van der Waals surface area contributed by atoms with Crippen molar-refractivity contribution >= 4 is 17.5 Å². The summed E-state index contributed by atoms with van der Waals surface area (Å²) in [7, 11) is 1.61. The molecular formula is C23H20N4O3S. The Hall–Kier alpha value is -3.65. The largest absolute Gasteiger partial charge is 0.508 e. The topological polar surface area (TPSA) is 90.1 Å². The molecule has 31 heavy (non-hydrogen) atoms.